The minimum Gasteiger partial charge on any atom is -0.306 e. The van der Waals surface area contributed by atoms with Crippen LogP contribution in [0.2, 0.25) is 0 Å². The summed E-state index contributed by atoms with van der Waals surface area (Å²) in [5.74, 6) is 0. The molecule has 1 heteroatoms. The van der Waals surface area contributed by atoms with E-state index >= 15 is 0 Å². The van der Waals surface area contributed by atoms with Crippen LogP contribution in [-0.2, 0) is 0 Å². The van der Waals surface area contributed by atoms with Crippen LogP contribution in [0.5, 0.6) is 0 Å². The zero-order valence-corrected chi connectivity index (χ0v) is 8.78. The first kappa shape index (κ1) is 11.0. The van der Waals surface area contributed by atoms with Crippen molar-refractivity contribution in [2.24, 2.45) is 5.41 Å². The van der Waals surface area contributed by atoms with Gasteiger partial charge in [-0.25, -0.2) is 0 Å². The van der Waals surface area contributed by atoms with Gasteiger partial charge in [0.25, 0.3) is 0 Å². The third kappa shape index (κ3) is 7.86. The predicted octanol–water partition coefficient (Wildman–Crippen LogP) is 2.76. The van der Waals surface area contributed by atoms with Crippen molar-refractivity contribution in [3.63, 3.8) is 0 Å². The fourth-order valence-electron chi connectivity index (χ4n) is 1.32. The smallest absolute Gasteiger partial charge is 0.00270 e. The average Bonchev–Trinajstić information content (AvgIpc) is 1.79. The van der Waals surface area contributed by atoms with Gasteiger partial charge in [0, 0.05) is 6.54 Å². The van der Waals surface area contributed by atoms with Gasteiger partial charge in [0.05, 0.1) is 0 Å². The van der Waals surface area contributed by atoms with Gasteiger partial charge < -0.3 is 4.90 Å². The van der Waals surface area contributed by atoms with Crippen molar-refractivity contribution < 1.29 is 0 Å². The highest BCUT2D eigenvalue weighted by Gasteiger charge is 2.12. The van der Waals surface area contributed by atoms with Gasteiger partial charge in [0.1, 0.15) is 0 Å². The van der Waals surface area contributed by atoms with E-state index in [2.05, 4.69) is 39.6 Å². The van der Waals surface area contributed by atoms with Crippen molar-refractivity contribution in [2.45, 2.75) is 40.5 Å². The van der Waals surface area contributed by atoms with Crippen LogP contribution in [0.1, 0.15) is 40.5 Å². The molecule has 1 nitrogen and oxygen atoms in total. The van der Waals surface area contributed by atoms with Crippen molar-refractivity contribution in [3.05, 3.63) is 0 Å². The summed E-state index contributed by atoms with van der Waals surface area (Å²) in [5, 5.41) is 0. The number of rotatable bonds is 4. The Morgan fingerprint density at radius 1 is 1.18 bits per heavy atom. The molecule has 0 unspecified atom stereocenters. The maximum atomic E-state index is 2.42. The molecule has 0 amide bonds. The van der Waals surface area contributed by atoms with Crippen LogP contribution in [-0.4, -0.2) is 25.0 Å². The number of hydrogen-bond donors (Lipinski definition) is 0. The molecule has 0 radical (unpaired) electrons. The molecule has 0 bridgehead atoms. The average molecular weight is 157 g/mol. The molecule has 0 aromatic carbocycles. The van der Waals surface area contributed by atoms with E-state index in [0.29, 0.717) is 5.41 Å². The standard InChI is InChI=1S/C10H23N/c1-6-7-8-11(5)9-10(2,3)4/h6-9H2,1-5H3. The van der Waals surface area contributed by atoms with Crippen LogP contribution in [0.4, 0.5) is 0 Å². The Kier molecular flexibility index (Phi) is 4.74. The molecule has 0 aromatic rings. The van der Waals surface area contributed by atoms with Gasteiger partial charge in [-0.2, -0.15) is 0 Å². The summed E-state index contributed by atoms with van der Waals surface area (Å²) < 4.78 is 0. The van der Waals surface area contributed by atoms with Crippen molar-refractivity contribution in [1.82, 2.24) is 4.90 Å². The van der Waals surface area contributed by atoms with E-state index in [0.717, 1.165) is 0 Å². The molecule has 0 aliphatic carbocycles. The fraction of sp³-hybridized carbons (Fsp3) is 1.00. The summed E-state index contributed by atoms with van der Waals surface area (Å²) in [6, 6.07) is 0. The van der Waals surface area contributed by atoms with Crippen molar-refractivity contribution in [2.75, 3.05) is 20.1 Å². The molecule has 0 aromatic heterocycles. The molecule has 0 saturated heterocycles. The maximum Gasteiger partial charge on any atom is 0.00270 e. The zero-order valence-electron chi connectivity index (χ0n) is 8.78. The second kappa shape index (κ2) is 4.76. The minimum absolute atomic E-state index is 0.447. The Morgan fingerprint density at radius 3 is 2.09 bits per heavy atom. The lowest BCUT2D eigenvalue weighted by molar-refractivity contribution is 0.224. The van der Waals surface area contributed by atoms with Crippen LogP contribution >= 0.6 is 0 Å². The second-order valence-corrected chi connectivity index (χ2v) is 4.65. The molecule has 0 atom stereocenters. The first-order valence-electron chi connectivity index (χ1n) is 4.64. The molecule has 0 aliphatic rings. The quantitative estimate of drug-likeness (QED) is 0.606. The molecule has 0 heterocycles. The van der Waals surface area contributed by atoms with Crippen LogP contribution in [0, 0.1) is 5.41 Å². The van der Waals surface area contributed by atoms with Gasteiger partial charge in [0.2, 0.25) is 0 Å². The Hall–Kier alpha value is -0.0400. The highest BCUT2D eigenvalue weighted by molar-refractivity contribution is 4.65. The fourth-order valence-corrected chi connectivity index (χ4v) is 1.32. The summed E-state index contributed by atoms with van der Waals surface area (Å²) in [6.45, 7) is 11.5. The van der Waals surface area contributed by atoms with E-state index in [1.807, 2.05) is 0 Å². The van der Waals surface area contributed by atoms with Crippen molar-refractivity contribution >= 4 is 0 Å². The number of nitrogens with zero attached hydrogens (tertiary/aromatic N) is 1. The summed E-state index contributed by atoms with van der Waals surface area (Å²) in [5.41, 5.74) is 0.447. The molecule has 0 rings (SSSR count). The Bertz CT molecular complexity index is 91.5. The molecule has 11 heavy (non-hydrogen) atoms. The van der Waals surface area contributed by atoms with Gasteiger partial charge in [0.15, 0.2) is 0 Å². The Morgan fingerprint density at radius 2 is 1.73 bits per heavy atom. The van der Waals surface area contributed by atoms with Gasteiger partial charge in [-0.1, -0.05) is 34.1 Å². The molecule has 0 aliphatic heterocycles. The Labute approximate surface area is 71.8 Å². The monoisotopic (exact) mass is 157 g/mol. The summed E-state index contributed by atoms with van der Waals surface area (Å²) in [7, 11) is 2.21. The predicted molar refractivity (Wildman–Crippen MR) is 51.9 cm³/mol. The van der Waals surface area contributed by atoms with E-state index in [9.17, 15) is 0 Å². The zero-order chi connectivity index (χ0) is 8.91. The second-order valence-electron chi connectivity index (χ2n) is 4.65. The largest absolute Gasteiger partial charge is 0.306 e. The van der Waals surface area contributed by atoms with Crippen LogP contribution < -0.4 is 0 Å². The topological polar surface area (TPSA) is 3.24 Å². The van der Waals surface area contributed by atoms with Crippen LogP contribution in [0.25, 0.3) is 0 Å². The lowest BCUT2D eigenvalue weighted by Gasteiger charge is -2.26. The third-order valence-electron chi connectivity index (χ3n) is 1.64. The lowest BCUT2D eigenvalue weighted by atomic mass is 9.96. The summed E-state index contributed by atoms with van der Waals surface area (Å²) in [6.07, 6.45) is 2.63. The van der Waals surface area contributed by atoms with E-state index in [1.165, 1.54) is 25.9 Å². The van der Waals surface area contributed by atoms with Gasteiger partial charge in [-0.15, -0.1) is 0 Å². The van der Waals surface area contributed by atoms with Crippen molar-refractivity contribution in [1.29, 1.82) is 0 Å². The SMILES string of the molecule is CCCCN(C)CC(C)(C)C. The van der Waals surface area contributed by atoms with Gasteiger partial charge >= 0.3 is 0 Å². The van der Waals surface area contributed by atoms with E-state index in [1.54, 1.807) is 0 Å². The number of hydrogen-bond acceptors (Lipinski definition) is 1. The Balaban J connectivity index is 3.44. The molecular weight excluding hydrogens is 134 g/mol. The van der Waals surface area contributed by atoms with E-state index in [4.69, 9.17) is 0 Å². The van der Waals surface area contributed by atoms with E-state index < -0.39 is 0 Å². The maximum absolute atomic E-state index is 2.42. The van der Waals surface area contributed by atoms with Gasteiger partial charge in [-0.05, 0) is 25.4 Å². The summed E-state index contributed by atoms with van der Waals surface area (Å²) in [4.78, 5) is 2.42. The summed E-state index contributed by atoms with van der Waals surface area (Å²) >= 11 is 0. The number of unbranched alkanes of at least 4 members (excludes halogenated alkanes) is 1. The first-order chi connectivity index (χ1) is 4.95. The molecule has 68 valence electrons. The highest BCUT2D eigenvalue weighted by atomic mass is 15.1. The highest BCUT2D eigenvalue weighted by Crippen LogP contribution is 2.14. The first-order valence-corrected chi connectivity index (χ1v) is 4.64. The lowest BCUT2D eigenvalue weighted by Crippen LogP contribution is -2.29. The van der Waals surface area contributed by atoms with Crippen LogP contribution in [0.15, 0.2) is 0 Å². The van der Waals surface area contributed by atoms with E-state index in [-0.39, 0.29) is 0 Å². The van der Waals surface area contributed by atoms with Crippen LogP contribution in [0.3, 0.4) is 0 Å². The minimum atomic E-state index is 0.447. The normalized spacial score (nSPS) is 12.5. The molecular formula is C10H23N. The molecule has 0 saturated carbocycles. The van der Waals surface area contributed by atoms with Gasteiger partial charge in [-0.3, -0.25) is 0 Å². The molecule has 0 N–H and O–H groups in total. The van der Waals surface area contributed by atoms with Crippen molar-refractivity contribution in [3.8, 4) is 0 Å². The molecule has 0 fully saturated rings. The third-order valence-corrected chi connectivity index (χ3v) is 1.64. The molecule has 0 spiro atoms.